The number of hydrogen-bond donors (Lipinski definition) is 1. The van der Waals surface area contributed by atoms with E-state index in [0.29, 0.717) is 10.6 Å². The first-order valence-electron chi connectivity index (χ1n) is 4.90. The Hall–Kier alpha value is -1.13. The van der Waals surface area contributed by atoms with Crippen LogP contribution in [0.4, 0.5) is 4.39 Å². The van der Waals surface area contributed by atoms with E-state index in [1.807, 2.05) is 0 Å². The predicted molar refractivity (Wildman–Crippen MR) is 59.7 cm³/mol. The van der Waals surface area contributed by atoms with Crippen molar-refractivity contribution in [1.29, 1.82) is 0 Å². The summed E-state index contributed by atoms with van der Waals surface area (Å²) in [7, 11) is 0. The first-order chi connectivity index (χ1) is 7.54. The lowest BCUT2D eigenvalue weighted by Crippen LogP contribution is -2.34. The maximum absolute atomic E-state index is 12.9. The molecule has 0 aliphatic rings. The van der Waals surface area contributed by atoms with Gasteiger partial charge in [-0.15, -0.1) is 0 Å². The van der Waals surface area contributed by atoms with Crippen LogP contribution in [0.5, 0.6) is 0 Å². The molecule has 1 aromatic rings. The Morgan fingerprint density at radius 2 is 2.31 bits per heavy atom. The van der Waals surface area contributed by atoms with Crippen LogP contribution >= 0.6 is 11.6 Å². The fourth-order valence-electron chi connectivity index (χ4n) is 1.27. The highest BCUT2D eigenvalue weighted by Crippen LogP contribution is 2.18. The van der Waals surface area contributed by atoms with Crippen molar-refractivity contribution in [2.24, 2.45) is 5.73 Å². The Bertz CT molecular complexity index is 384. The molecule has 0 heterocycles. The molecule has 1 atom stereocenters. The zero-order valence-electron chi connectivity index (χ0n) is 8.87. The molecule has 88 valence electrons. The minimum absolute atomic E-state index is 0.162. The molecule has 0 bridgehead atoms. The summed E-state index contributed by atoms with van der Waals surface area (Å²) in [4.78, 5) is 11.3. The van der Waals surface area contributed by atoms with Crippen LogP contribution in [0.2, 0.25) is 5.02 Å². The highest BCUT2D eigenvalue weighted by Gasteiger charge is 2.16. The highest BCUT2D eigenvalue weighted by atomic mass is 35.5. The van der Waals surface area contributed by atoms with Gasteiger partial charge in [-0.3, -0.25) is 4.79 Å². The Balaban J connectivity index is 2.72. The number of benzene rings is 1. The molecule has 0 amide bonds. The zero-order valence-corrected chi connectivity index (χ0v) is 9.63. The van der Waals surface area contributed by atoms with Gasteiger partial charge in [0.15, 0.2) is 0 Å². The van der Waals surface area contributed by atoms with Crippen LogP contribution in [0.1, 0.15) is 12.5 Å². The Labute approximate surface area is 98.3 Å². The van der Waals surface area contributed by atoms with Gasteiger partial charge in [-0.2, -0.15) is 0 Å². The molecule has 0 spiro atoms. The summed E-state index contributed by atoms with van der Waals surface area (Å²) >= 11 is 5.85. The van der Waals surface area contributed by atoms with Gasteiger partial charge in [0.1, 0.15) is 11.9 Å². The van der Waals surface area contributed by atoms with Crippen molar-refractivity contribution in [2.75, 3.05) is 6.61 Å². The summed E-state index contributed by atoms with van der Waals surface area (Å²) < 4.78 is 17.7. The molecule has 16 heavy (non-hydrogen) atoms. The molecule has 5 heteroatoms. The van der Waals surface area contributed by atoms with Crippen LogP contribution in [0.15, 0.2) is 18.2 Å². The van der Waals surface area contributed by atoms with Crippen LogP contribution in [-0.4, -0.2) is 18.6 Å². The fraction of sp³-hybridized carbons (Fsp3) is 0.364. The Kier molecular flexibility index (Phi) is 4.71. The second-order valence-electron chi connectivity index (χ2n) is 3.30. The van der Waals surface area contributed by atoms with Crippen LogP contribution in [0.3, 0.4) is 0 Å². The summed E-state index contributed by atoms with van der Waals surface area (Å²) in [6.07, 6.45) is 0.162. The summed E-state index contributed by atoms with van der Waals surface area (Å²) in [6, 6.07) is 3.13. The lowest BCUT2D eigenvalue weighted by Gasteiger charge is -2.11. The first kappa shape index (κ1) is 12.9. The van der Waals surface area contributed by atoms with Gasteiger partial charge >= 0.3 is 5.97 Å². The van der Waals surface area contributed by atoms with Crippen molar-refractivity contribution < 1.29 is 13.9 Å². The van der Waals surface area contributed by atoms with E-state index in [9.17, 15) is 9.18 Å². The molecule has 1 unspecified atom stereocenters. The molecule has 1 rings (SSSR count). The maximum atomic E-state index is 12.9. The van der Waals surface area contributed by atoms with Crippen molar-refractivity contribution in [2.45, 2.75) is 19.4 Å². The van der Waals surface area contributed by atoms with E-state index >= 15 is 0 Å². The van der Waals surface area contributed by atoms with E-state index in [4.69, 9.17) is 22.1 Å². The van der Waals surface area contributed by atoms with E-state index in [0.717, 1.165) is 0 Å². The standard InChI is InChI=1S/C11H13ClFNO2/c1-2-16-11(15)10(14)6-7-5-8(13)3-4-9(7)12/h3-5,10H,2,6,14H2,1H3. The number of ether oxygens (including phenoxy) is 1. The second-order valence-corrected chi connectivity index (χ2v) is 3.71. The minimum atomic E-state index is -0.820. The summed E-state index contributed by atoms with van der Waals surface area (Å²) in [5.41, 5.74) is 6.10. The SMILES string of the molecule is CCOC(=O)C(N)Cc1cc(F)ccc1Cl. The Morgan fingerprint density at radius 1 is 1.62 bits per heavy atom. The summed E-state index contributed by atoms with van der Waals surface area (Å²) in [5, 5.41) is 0.390. The monoisotopic (exact) mass is 245 g/mol. The number of carbonyl (C=O) groups excluding carboxylic acids is 1. The van der Waals surface area contributed by atoms with Gasteiger partial charge in [0.05, 0.1) is 6.61 Å². The van der Waals surface area contributed by atoms with Crippen molar-refractivity contribution in [3.63, 3.8) is 0 Å². The van der Waals surface area contributed by atoms with E-state index < -0.39 is 17.8 Å². The van der Waals surface area contributed by atoms with Gasteiger partial charge in [0, 0.05) is 5.02 Å². The van der Waals surface area contributed by atoms with Gasteiger partial charge in [-0.1, -0.05) is 11.6 Å². The third kappa shape index (κ3) is 3.47. The van der Waals surface area contributed by atoms with Crippen LogP contribution < -0.4 is 5.73 Å². The second kappa shape index (κ2) is 5.82. The number of hydrogen-bond acceptors (Lipinski definition) is 3. The molecule has 2 N–H and O–H groups in total. The zero-order chi connectivity index (χ0) is 12.1. The molecule has 0 aromatic heterocycles. The van der Waals surface area contributed by atoms with E-state index in [2.05, 4.69) is 0 Å². The van der Waals surface area contributed by atoms with Crippen molar-refractivity contribution in [1.82, 2.24) is 0 Å². The number of carbonyl (C=O) groups is 1. The highest BCUT2D eigenvalue weighted by molar-refractivity contribution is 6.31. The third-order valence-electron chi connectivity index (χ3n) is 2.04. The van der Waals surface area contributed by atoms with E-state index in [-0.39, 0.29) is 13.0 Å². The number of esters is 1. The number of rotatable bonds is 4. The van der Waals surface area contributed by atoms with Gasteiger partial charge in [0.25, 0.3) is 0 Å². The molecule has 0 aliphatic heterocycles. The molecule has 0 fully saturated rings. The first-order valence-corrected chi connectivity index (χ1v) is 5.28. The topological polar surface area (TPSA) is 52.3 Å². The molecular formula is C11H13ClFNO2. The Morgan fingerprint density at radius 3 is 2.94 bits per heavy atom. The molecule has 0 saturated carbocycles. The van der Waals surface area contributed by atoms with Crippen LogP contribution in [0.25, 0.3) is 0 Å². The molecule has 0 radical (unpaired) electrons. The van der Waals surface area contributed by atoms with Crippen molar-refractivity contribution in [3.8, 4) is 0 Å². The fourth-order valence-corrected chi connectivity index (χ4v) is 1.46. The minimum Gasteiger partial charge on any atom is -0.465 e. The average Bonchev–Trinajstić information content (AvgIpc) is 2.23. The molecular weight excluding hydrogens is 233 g/mol. The van der Waals surface area contributed by atoms with Crippen molar-refractivity contribution >= 4 is 17.6 Å². The third-order valence-corrected chi connectivity index (χ3v) is 2.41. The van der Waals surface area contributed by atoms with Crippen LogP contribution in [0, 0.1) is 5.82 Å². The lowest BCUT2D eigenvalue weighted by atomic mass is 10.1. The molecule has 3 nitrogen and oxygen atoms in total. The maximum Gasteiger partial charge on any atom is 0.323 e. The van der Waals surface area contributed by atoms with E-state index in [1.165, 1.54) is 18.2 Å². The van der Waals surface area contributed by atoms with Gasteiger partial charge in [-0.05, 0) is 37.1 Å². The van der Waals surface area contributed by atoms with E-state index in [1.54, 1.807) is 6.92 Å². The van der Waals surface area contributed by atoms with Gasteiger partial charge in [0.2, 0.25) is 0 Å². The summed E-state index contributed by atoms with van der Waals surface area (Å²) in [6.45, 7) is 1.96. The quantitative estimate of drug-likeness (QED) is 0.825. The number of nitrogens with two attached hydrogens (primary N) is 1. The van der Waals surface area contributed by atoms with Crippen LogP contribution in [-0.2, 0) is 16.0 Å². The average molecular weight is 246 g/mol. The largest absolute Gasteiger partial charge is 0.465 e. The number of halogens is 2. The van der Waals surface area contributed by atoms with Gasteiger partial charge in [-0.25, -0.2) is 4.39 Å². The molecule has 0 aliphatic carbocycles. The normalized spacial score (nSPS) is 12.2. The van der Waals surface area contributed by atoms with Gasteiger partial charge < -0.3 is 10.5 Å². The molecule has 1 aromatic carbocycles. The van der Waals surface area contributed by atoms with Crippen molar-refractivity contribution in [3.05, 3.63) is 34.6 Å². The predicted octanol–water partition coefficient (Wildman–Crippen LogP) is 1.91. The molecule has 0 saturated heterocycles. The summed E-state index contributed by atoms with van der Waals surface area (Å²) in [5.74, 6) is -0.918. The smallest absolute Gasteiger partial charge is 0.323 e. The lowest BCUT2D eigenvalue weighted by molar-refractivity contribution is -0.144.